The zero-order valence-corrected chi connectivity index (χ0v) is 11.8. The molecular formula is C15H15N3O4. The van der Waals surface area contributed by atoms with Gasteiger partial charge in [-0.05, 0) is 30.2 Å². The van der Waals surface area contributed by atoms with Crippen molar-refractivity contribution in [1.29, 1.82) is 0 Å². The molecule has 1 N–H and O–H groups in total. The zero-order chi connectivity index (χ0) is 15.4. The fourth-order valence-electron chi connectivity index (χ4n) is 2.16. The fraction of sp³-hybridized carbons (Fsp3) is 0.267. The Labute approximate surface area is 126 Å². The second-order valence-electron chi connectivity index (χ2n) is 4.82. The van der Waals surface area contributed by atoms with Crippen LogP contribution in [-0.2, 0) is 17.8 Å². The highest BCUT2D eigenvalue weighted by molar-refractivity contribution is 5.75. The summed E-state index contributed by atoms with van der Waals surface area (Å²) < 4.78 is 11.8. The maximum atomic E-state index is 11.8. The Morgan fingerprint density at radius 1 is 1.32 bits per heavy atom. The third kappa shape index (κ3) is 3.25. The molecule has 1 amide bonds. The number of benzene rings is 1. The Morgan fingerprint density at radius 3 is 3.05 bits per heavy atom. The largest absolute Gasteiger partial charge is 0.454 e. The number of carbonyl (C=O) groups is 1. The van der Waals surface area contributed by atoms with Crippen molar-refractivity contribution in [3.8, 4) is 11.5 Å². The van der Waals surface area contributed by atoms with E-state index < -0.39 is 5.69 Å². The van der Waals surface area contributed by atoms with E-state index in [1.54, 1.807) is 6.07 Å². The topological polar surface area (TPSA) is 82.5 Å². The molecule has 1 aliphatic heterocycles. The minimum absolute atomic E-state index is 0.0339. The number of hydrogen-bond donors (Lipinski definition) is 1. The first-order chi connectivity index (χ1) is 10.7. The number of carbonyl (C=O) groups excluding carboxylic acids is 1. The Bertz CT molecular complexity index is 742. The Balaban J connectivity index is 1.50. The first-order valence-electron chi connectivity index (χ1n) is 6.89. The lowest BCUT2D eigenvalue weighted by Crippen LogP contribution is -2.33. The van der Waals surface area contributed by atoms with Gasteiger partial charge in [-0.3, -0.25) is 9.36 Å². The van der Waals surface area contributed by atoms with Gasteiger partial charge in [-0.1, -0.05) is 6.07 Å². The number of fused-ring (bicyclic) bond motifs is 1. The van der Waals surface area contributed by atoms with E-state index in [0.29, 0.717) is 13.0 Å². The Morgan fingerprint density at radius 2 is 2.18 bits per heavy atom. The summed E-state index contributed by atoms with van der Waals surface area (Å²) >= 11 is 0. The summed E-state index contributed by atoms with van der Waals surface area (Å²) in [6.07, 6.45) is 3.60. The van der Waals surface area contributed by atoms with Gasteiger partial charge in [-0.2, -0.15) is 0 Å². The minimum Gasteiger partial charge on any atom is -0.454 e. The molecule has 0 spiro atoms. The molecule has 3 rings (SSSR count). The molecule has 7 nitrogen and oxygen atoms in total. The first-order valence-corrected chi connectivity index (χ1v) is 6.89. The van der Waals surface area contributed by atoms with Gasteiger partial charge < -0.3 is 14.8 Å². The number of aromatic nitrogens is 2. The van der Waals surface area contributed by atoms with Gasteiger partial charge in [0.1, 0.15) is 6.54 Å². The molecule has 114 valence electrons. The van der Waals surface area contributed by atoms with Crippen LogP contribution in [-0.4, -0.2) is 28.8 Å². The van der Waals surface area contributed by atoms with Gasteiger partial charge in [0, 0.05) is 18.9 Å². The van der Waals surface area contributed by atoms with Crippen molar-refractivity contribution in [3.63, 3.8) is 0 Å². The van der Waals surface area contributed by atoms with E-state index in [1.165, 1.54) is 17.0 Å². The minimum atomic E-state index is -0.437. The van der Waals surface area contributed by atoms with E-state index in [1.807, 2.05) is 18.2 Å². The lowest BCUT2D eigenvalue weighted by Gasteiger charge is -2.07. The lowest BCUT2D eigenvalue weighted by molar-refractivity contribution is -0.121. The highest BCUT2D eigenvalue weighted by Crippen LogP contribution is 2.32. The average Bonchev–Trinajstić information content (AvgIpc) is 2.97. The quantitative estimate of drug-likeness (QED) is 0.860. The van der Waals surface area contributed by atoms with Gasteiger partial charge in [0.05, 0.1) is 0 Å². The van der Waals surface area contributed by atoms with Crippen LogP contribution in [0.5, 0.6) is 11.5 Å². The smallest absolute Gasteiger partial charge is 0.347 e. The second kappa shape index (κ2) is 6.30. The molecule has 22 heavy (non-hydrogen) atoms. The second-order valence-corrected chi connectivity index (χ2v) is 4.82. The molecule has 0 radical (unpaired) electrons. The van der Waals surface area contributed by atoms with E-state index in [-0.39, 0.29) is 19.2 Å². The summed E-state index contributed by atoms with van der Waals surface area (Å²) in [6, 6.07) is 7.31. The number of nitrogens with zero attached hydrogens (tertiary/aromatic N) is 2. The summed E-state index contributed by atoms with van der Waals surface area (Å²) in [6.45, 7) is 0.691. The Hall–Kier alpha value is -2.83. The molecular weight excluding hydrogens is 286 g/mol. The molecule has 2 aromatic rings. The summed E-state index contributed by atoms with van der Waals surface area (Å²) in [7, 11) is 0. The average molecular weight is 301 g/mol. The third-order valence-corrected chi connectivity index (χ3v) is 3.27. The van der Waals surface area contributed by atoms with Crippen molar-refractivity contribution in [2.45, 2.75) is 13.0 Å². The van der Waals surface area contributed by atoms with Gasteiger partial charge in [-0.25, -0.2) is 9.78 Å². The third-order valence-electron chi connectivity index (χ3n) is 3.27. The first kappa shape index (κ1) is 14.1. The van der Waals surface area contributed by atoms with Crippen molar-refractivity contribution in [2.24, 2.45) is 0 Å². The van der Waals surface area contributed by atoms with Crippen molar-refractivity contribution < 1.29 is 14.3 Å². The van der Waals surface area contributed by atoms with Crippen molar-refractivity contribution in [3.05, 3.63) is 52.7 Å². The molecule has 0 saturated heterocycles. The van der Waals surface area contributed by atoms with Crippen LogP contribution in [0.3, 0.4) is 0 Å². The van der Waals surface area contributed by atoms with E-state index in [9.17, 15) is 9.59 Å². The van der Waals surface area contributed by atoms with Crippen molar-refractivity contribution in [1.82, 2.24) is 14.9 Å². The molecule has 0 atom stereocenters. The van der Waals surface area contributed by atoms with Crippen LogP contribution in [0.4, 0.5) is 0 Å². The van der Waals surface area contributed by atoms with Gasteiger partial charge in [0.15, 0.2) is 11.5 Å². The van der Waals surface area contributed by atoms with E-state index in [4.69, 9.17) is 9.47 Å². The molecule has 2 heterocycles. The SMILES string of the molecule is O=C(Cn1cccnc1=O)NCCc1ccc2c(c1)OCO2. The maximum absolute atomic E-state index is 11.8. The molecule has 1 aromatic carbocycles. The normalized spacial score (nSPS) is 12.2. The number of ether oxygens (including phenoxy) is 2. The highest BCUT2D eigenvalue weighted by Gasteiger charge is 2.13. The zero-order valence-electron chi connectivity index (χ0n) is 11.8. The summed E-state index contributed by atoms with van der Waals surface area (Å²) in [5, 5.41) is 2.78. The molecule has 7 heteroatoms. The van der Waals surface area contributed by atoms with E-state index in [0.717, 1.165) is 17.1 Å². The van der Waals surface area contributed by atoms with Crippen LogP contribution in [0, 0.1) is 0 Å². The van der Waals surface area contributed by atoms with Crippen molar-refractivity contribution in [2.75, 3.05) is 13.3 Å². The molecule has 0 fully saturated rings. The van der Waals surface area contributed by atoms with Crippen LogP contribution >= 0.6 is 0 Å². The number of nitrogens with one attached hydrogen (secondary N) is 1. The van der Waals surface area contributed by atoms with Gasteiger partial charge >= 0.3 is 5.69 Å². The Kier molecular flexibility index (Phi) is 4.04. The molecule has 1 aliphatic rings. The molecule has 0 saturated carbocycles. The van der Waals surface area contributed by atoms with E-state index >= 15 is 0 Å². The predicted molar refractivity (Wildman–Crippen MR) is 77.8 cm³/mol. The van der Waals surface area contributed by atoms with Crippen LogP contribution in [0.1, 0.15) is 5.56 Å². The van der Waals surface area contributed by atoms with Crippen molar-refractivity contribution >= 4 is 5.91 Å². The molecule has 0 aliphatic carbocycles. The van der Waals surface area contributed by atoms with E-state index in [2.05, 4.69) is 10.3 Å². The summed E-state index contributed by atoms with van der Waals surface area (Å²) in [4.78, 5) is 26.8. The lowest BCUT2D eigenvalue weighted by atomic mass is 10.1. The highest BCUT2D eigenvalue weighted by atomic mass is 16.7. The summed E-state index contributed by atoms with van der Waals surface area (Å²) in [5.74, 6) is 1.24. The monoisotopic (exact) mass is 301 g/mol. The number of hydrogen-bond acceptors (Lipinski definition) is 5. The fourth-order valence-corrected chi connectivity index (χ4v) is 2.16. The maximum Gasteiger partial charge on any atom is 0.347 e. The molecule has 0 unspecified atom stereocenters. The number of rotatable bonds is 5. The van der Waals surface area contributed by atoms with Crippen LogP contribution in [0.25, 0.3) is 0 Å². The van der Waals surface area contributed by atoms with Crippen LogP contribution in [0.15, 0.2) is 41.5 Å². The van der Waals surface area contributed by atoms with Crippen LogP contribution in [0.2, 0.25) is 0 Å². The van der Waals surface area contributed by atoms with Gasteiger partial charge in [-0.15, -0.1) is 0 Å². The van der Waals surface area contributed by atoms with Gasteiger partial charge in [0.25, 0.3) is 0 Å². The molecule has 0 bridgehead atoms. The summed E-state index contributed by atoms with van der Waals surface area (Å²) in [5.41, 5.74) is 0.608. The van der Waals surface area contributed by atoms with Crippen LogP contribution < -0.4 is 20.5 Å². The molecule has 1 aromatic heterocycles. The number of amides is 1. The predicted octanol–water partition coefficient (Wildman–Crippen LogP) is 0.331. The van der Waals surface area contributed by atoms with Gasteiger partial charge in [0.2, 0.25) is 12.7 Å². The standard InChI is InChI=1S/C15H15N3O4/c19-14(9-18-7-1-5-17-15(18)20)16-6-4-11-2-3-12-13(8-11)22-10-21-12/h1-3,5,7-8H,4,6,9-10H2,(H,16,19).